The molecule has 1 heterocycles. The Balaban J connectivity index is 1.51. The first kappa shape index (κ1) is 13.1. The molecule has 2 aliphatic rings. The molecule has 0 spiro atoms. The summed E-state index contributed by atoms with van der Waals surface area (Å²) in [6.45, 7) is 2.70. The van der Waals surface area contributed by atoms with Crippen LogP contribution in [0.3, 0.4) is 0 Å². The van der Waals surface area contributed by atoms with Gasteiger partial charge in [-0.2, -0.15) is 0 Å². The van der Waals surface area contributed by atoms with Crippen molar-refractivity contribution < 1.29 is 9.84 Å². The van der Waals surface area contributed by atoms with E-state index in [0.717, 1.165) is 45.4 Å². The van der Waals surface area contributed by atoms with Crippen molar-refractivity contribution in [2.45, 2.75) is 37.9 Å². The Kier molecular flexibility index (Phi) is 4.16. The minimum atomic E-state index is -0.0709. The highest BCUT2D eigenvalue weighted by Gasteiger charge is 2.24. The Labute approximate surface area is 115 Å². The third-order valence-electron chi connectivity index (χ3n) is 4.37. The Bertz CT molecular complexity index is 421. The van der Waals surface area contributed by atoms with Crippen molar-refractivity contribution in [2.75, 3.05) is 19.7 Å². The van der Waals surface area contributed by atoms with Gasteiger partial charge in [-0.15, -0.1) is 0 Å². The van der Waals surface area contributed by atoms with Crippen LogP contribution in [0.2, 0.25) is 0 Å². The second-order valence-electron chi connectivity index (χ2n) is 5.80. The third-order valence-corrected chi connectivity index (χ3v) is 4.37. The summed E-state index contributed by atoms with van der Waals surface area (Å²) in [5.41, 5.74) is 2.77. The van der Waals surface area contributed by atoms with E-state index in [9.17, 15) is 5.11 Å². The van der Waals surface area contributed by atoms with E-state index < -0.39 is 0 Å². The molecule has 1 aromatic rings. The van der Waals surface area contributed by atoms with Gasteiger partial charge in [-0.3, -0.25) is 0 Å². The average Bonchev–Trinajstić information content (AvgIpc) is 2.85. The largest absolute Gasteiger partial charge is 0.393 e. The topological polar surface area (TPSA) is 41.5 Å². The first-order valence-electron chi connectivity index (χ1n) is 7.41. The molecule has 0 aromatic heterocycles. The summed E-state index contributed by atoms with van der Waals surface area (Å²) in [6, 6.07) is 8.58. The lowest BCUT2D eigenvalue weighted by atomic mass is 9.97. The fraction of sp³-hybridized carbons (Fsp3) is 0.625. The summed E-state index contributed by atoms with van der Waals surface area (Å²) in [7, 11) is 0. The molecule has 0 bridgehead atoms. The lowest BCUT2D eigenvalue weighted by Gasteiger charge is -2.26. The van der Waals surface area contributed by atoms with Crippen LogP contribution >= 0.6 is 0 Å². The minimum absolute atomic E-state index is 0.0709. The molecule has 104 valence electrons. The van der Waals surface area contributed by atoms with Crippen molar-refractivity contribution in [3.05, 3.63) is 35.4 Å². The van der Waals surface area contributed by atoms with Crippen LogP contribution < -0.4 is 5.32 Å². The molecule has 3 rings (SSSR count). The molecule has 3 atom stereocenters. The van der Waals surface area contributed by atoms with Gasteiger partial charge in [0.25, 0.3) is 0 Å². The second-order valence-corrected chi connectivity index (χ2v) is 5.80. The van der Waals surface area contributed by atoms with E-state index in [0.29, 0.717) is 5.92 Å². The smallest absolute Gasteiger partial charge is 0.0952 e. The van der Waals surface area contributed by atoms with Gasteiger partial charge >= 0.3 is 0 Å². The zero-order chi connectivity index (χ0) is 13.1. The van der Waals surface area contributed by atoms with Gasteiger partial charge < -0.3 is 15.2 Å². The van der Waals surface area contributed by atoms with Gasteiger partial charge in [0.2, 0.25) is 0 Å². The average molecular weight is 261 g/mol. The quantitative estimate of drug-likeness (QED) is 0.871. The van der Waals surface area contributed by atoms with Crippen molar-refractivity contribution in [1.29, 1.82) is 0 Å². The van der Waals surface area contributed by atoms with Crippen LogP contribution in [0, 0.1) is 5.92 Å². The van der Waals surface area contributed by atoms with Crippen molar-refractivity contribution in [2.24, 2.45) is 5.92 Å². The van der Waals surface area contributed by atoms with E-state index in [-0.39, 0.29) is 12.2 Å². The van der Waals surface area contributed by atoms with Gasteiger partial charge in [0.15, 0.2) is 0 Å². The maximum atomic E-state index is 9.53. The molecule has 1 fully saturated rings. The molecule has 0 amide bonds. The summed E-state index contributed by atoms with van der Waals surface area (Å²) in [5, 5.41) is 13.0. The summed E-state index contributed by atoms with van der Waals surface area (Å²) in [5.74, 6) is 0.633. The van der Waals surface area contributed by atoms with Gasteiger partial charge in [-0.25, -0.2) is 0 Å². The number of hydrogen-bond acceptors (Lipinski definition) is 3. The number of fused-ring (bicyclic) bond motifs is 1. The van der Waals surface area contributed by atoms with Crippen LogP contribution in [0.5, 0.6) is 0 Å². The number of hydrogen-bond donors (Lipinski definition) is 2. The molecule has 19 heavy (non-hydrogen) atoms. The van der Waals surface area contributed by atoms with E-state index in [1.54, 1.807) is 0 Å². The van der Waals surface area contributed by atoms with Crippen LogP contribution in [0.25, 0.3) is 0 Å². The molecule has 1 aromatic carbocycles. The van der Waals surface area contributed by atoms with Crippen molar-refractivity contribution >= 4 is 0 Å². The van der Waals surface area contributed by atoms with E-state index >= 15 is 0 Å². The molecule has 1 aliphatic heterocycles. The normalized spacial score (nSPS) is 30.3. The van der Waals surface area contributed by atoms with Gasteiger partial charge in [0.1, 0.15) is 0 Å². The molecule has 1 saturated carbocycles. The zero-order valence-corrected chi connectivity index (χ0v) is 11.3. The van der Waals surface area contributed by atoms with Gasteiger partial charge in [-0.05, 0) is 49.3 Å². The molecule has 2 N–H and O–H groups in total. The predicted octanol–water partition coefficient (Wildman–Crippen LogP) is 2.05. The third kappa shape index (κ3) is 3.16. The highest BCUT2D eigenvalue weighted by Crippen LogP contribution is 2.27. The Morgan fingerprint density at radius 3 is 2.95 bits per heavy atom. The predicted molar refractivity (Wildman–Crippen MR) is 75.1 cm³/mol. The Morgan fingerprint density at radius 1 is 1.21 bits per heavy atom. The minimum Gasteiger partial charge on any atom is -0.393 e. The van der Waals surface area contributed by atoms with Crippen LogP contribution in [0.1, 0.15) is 36.5 Å². The van der Waals surface area contributed by atoms with Crippen LogP contribution in [-0.4, -0.2) is 30.9 Å². The number of benzene rings is 1. The SMILES string of the molecule is OC1CCC(CNCC2OCCc3ccccc32)C1. The fourth-order valence-corrected chi connectivity index (χ4v) is 3.30. The highest BCUT2D eigenvalue weighted by atomic mass is 16.5. The van der Waals surface area contributed by atoms with E-state index in [1.807, 2.05) is 0 Å². The summed E-state index contributed by atoms with van der Waals surface area (Å²) in [6.07, 6.45) is 4.22. The molecule has 0 radical (unpaired) electrons. The maximum absolute atomic E-state index is 9.53. The number of rotatable bonds is 4. The Morgan fingerprint density at radius 2 is 2.11 bits per heavy atom. The van der Waals surface area contributed by atoms with Crippen molar-refractivity contribution in [1.82, 2.24) is 5.32 Å². The summed E-state index contributed by atoms with van der Waals surface area (Å²) < 4.78 is 5.88. The van der Waals surface area contributed by atoms with Crippen molar-refractivity contribution in [3.8, 4) is 0 Å². The van der Waals surface area contributed by atoms with E-state index in [4.69, 9.17) is 4.74 Å². The number of aliphatic hydroxyl groups excluding tert-OH is 1. The molecule has 3 heteroatoms. The van der Waals surface area contributed by atoms with Crippen molar-refractivity contribution in [3.63, 3.8) is 0 Å². The zero-order valence-electron chi connectivity index (χ0n) is 11.3. The standard InChI is InChI=1S/C16H23NO2/c18-14-6-5-12(9-14)10-17-11-16-15-4-2-1-3-13(15)7-8-19-16/h1-4,12,14,16-18H,5-11H2. The van der Waals surface area contributed by atoms with E-state index in [2.05, 4.69) is 29.6 Å². The first-order chi connectivity index (χ1) is 9.33. The number of nitrogens with one attached hydrogen (secondary N) is 1. The maximum Gasteiger partial charge on any atom is 0.0952 e. The number of ether oxygens (including phenoxy) is 1. The molecular weight excluding hydrogens is 238 g/mol. The van der Waals surface area contributed by atoms with Crippen LogP contribution in [-0.2, 0) is 11.2 Å². The highest BCUT2D eigenvalue weighted by molar-refractivity contribution is 5.31. The molecular formula is C16H23NO2. The van der Waals surface area contributed by atoms with E-state index in [1.165, 1.54) is 11.1 Å². The fourth-order valence-electron chi connectivity index (χ4n) is 3.30. The van der Waals surface area contributed by atoms with Gasteiger partial charge in [0, 0.05) is 6.54 Å². The molecule has 3 unspecified atom stereocenters. The lowest BCUT2D eigenvalue weighted by molar-refractivity contribution is 0.0419. The van der Waals surface area contributed by atoms with Gasteiger partial charge in [-0.1, -0.05) is 24.3 Å². The van der Waals surface area contributed by atoms with Crippen LogP contribution in [0.4, 0.5) is 0 Å². The number of aliphatic hydroxyl groups is 1. The second kappa shape index (κ2) is 6.04. The molecule has 1 aliphatic carbocycles. The lowest BCUT2D eigenvalue weighted by Crippen LogP contribution is -2.30. The summed E-state index contributed by atoms with van der Waals surface area (Å²) >= 11 is 0. The first-order valence-corrected chi connectivity index (χ1v) is 7.41. The summed E-state index contributed by atoms with van der Waals surface area (Å²) in [4.78, 5) is 0. The van der Waals surface area contributed by atoms with Gasteiger partial charge in [0.05, 0.1) is 18.8 Å². The van der Waals surface area contributed by atoms with Crippen LogP contribution in [0.15, 0.2) is 24.3 Å². The molecule has 0 saturated heterocycles. The Hall–Kier alpha value is -0.900. The molecule has 3 nitrogen and oxygen atoms in total. The monoisotopic (exact) mass is 261 g/mol.